The van der Waals surface area contributed by atoms with Crippen LogP contribution < -0.4 is 10.1 Å². The number of benzene rings is 2. The number of alkyl carbamates (subject to hydrolysis) is 1. The van der Waals surface area contributed by atoms with Crippen molar-refractivity contribution in [3.8, 4) is 17.7 Å². The summed E-state index contributed by atoms with van der Waals surface area (Å²) in [5.74, 6) is 0.513. The van der Waals surface area contributed by atoms with E-state index in [1.54, 1.807) is 0 Å². The number of nitrogens with zero attached hydrogens (tertiary/aromatic N) is 2. The van der Waals surface area contributed by atoms with Gasteiger partial charge in [0.2, 0.25) is 5.88 Å². The van der Waals surface area contributed by atoms with Gasteiger partial charge in [0.1, 0.15) is 11.8 Å². The van der Waals surface area contributed by atoms with Gasteiger partial charge in [-0.3, -0.25) is 10.1 Å². The third-order valence-electron chi connectivity index (χ3n) is 5.42. The van der Waals surface area contributed by atoms with Crippen molar-refractivity contribution in [2.75, 3.05) is 0 Å². The number of cyclic esters (lactones) is 1. The Hall–Kier alpha value is -3.92. The van der Waals surface area contributed by atoms with E-state index < -0.39 is 12.2 Å². The van der Waals surface area contributed by atoms with Gasteiger partial charge in [-0.25, -0.2) is 9.78 Å². The lowest BCUT2D eigenvalue weighted by molar-refractivity contribution is -0.124. The monoisotopic (exact) mass is 385 g/mol. The normalized spacial score (nSPS) is 20.1. The molecule has 2 atom stereocenters. The van der Waals surface area contributed by atoms with Crippen molar-refractivity contribution in [3.05, 3.63) is 65.4 Å². The fourth-order valence-corrected chi connectivity index (χ4v) is 4.09. The highest BCUT2D eigenvalue weighted by molar-refractivity contribution is 6.00. The van der Waals surface area contributed by atoms with Crippen molar-refractivity contribution in [2.24, 2.45) is 0 Å². The number of aryl methyl sites for hydroxylation is 1. The summed E-state index contributed by atoms with van der Waals surface area (Å²) in [6, 6.07) is 15.3. The molecule has 0 radical (unpaired) electrons. The summed E-state index contributed by atoms with van der Waals surface area (Å²) in [4.78, 5) is 27.6. The number of nitrogens with one attached hydrogen (secondary N) is 1. The van der Waals surface area contributed by atoms with E-state index >= 15 is 0 Å². The summed E-state index contributed by atoms with van der Waals surface area (Å²) in [6.45, 7) is 0. The van der Waals surface area contributed by atoms with Crippen LogP contribution in [-0.2, 0) is 16.0 Å². The molecule has 2 heterocycles. The standard InChI is InChI=1S/C22H15N3O4/c23-10-13-11-24-21(18-4-2-1-3-15(13)18)28-14-6-8-16-12(9-14)5-7-17(16)19-20(26)25-22(27)29-19/h1-4,6,8-9,11,17,19H,5,7H2,(H,25,26,27)/t17-,19-/m1/s1. The second-order valence-corrected chi connectivity index (χ2v) is 7.06. The molecular weight excluding hydrogens is 370 g/mol. The topological polar surface area (TPSA) is 101 Å². The molecule has 5 rings (SSSR count). The van der Waals surface area contributed by atoms with E-state index in [9.17, 15) is 14.9 Å². The van der Waals surface area contributed by atoms with E-state index in [1.165, 1.54) is 6.20 Å². The average molecular weight is 385 g/mol. The van der Waals surface area contributed by atoms with Crippen LogP contribution in [0.4, 0.5) is 4.79 Å². The number of pyridine rings is 1. The summed E-state index contributed by atoms with van der Waals surface area (Å²) in [7, 11) is 0. The van der Waals surface area contributed by atoms with Gasteiger partial charge in [-0.2, -0.15) is 5.26 Å². The van der Waals surface area contributed by atoms with E-state index in [0.717, 1.165) is 34.7 Å². The predicted molar refractivity (Wildman–Crippen MR) is 102 cm³/mol. The number of ether oxygens (including phenoxy) is 2. The second-order valence-electron chi connectivity index (χ2n) is 7.06. The fraction of sp³-hybridized carbons (Fsp3) is 0.182. The molecule has 1 fully saturated rings. The van der Waals surface area contributed by atoms with Gasteiger partial charge in [0, 0.05) is 22.9 Å². The van der Waals surface area contributed by atoms with Crippen LogP contribution in [0.1, 0.15) is 29.0 Å². The number of carbonyl (C=O) groups excluding carboxylic acids is 2. The molecular formula is C22H15N3O4. The largest absolute Gasteiger partial charge is 0.438 e. The molecule has 29 heavy (non-hydrogen) atoms. The third-order valence-corrected chi connectivity index (χ3v) is 5.42. The Labute approximate surface area is 165 Å². The van der Waals surface area contributed by atoms with Gasteiger partial charge in [-0.1, -0.05) is 24.3 Å². The van der Waals surface area contributed by atoms with Crippen molar-refractivity contribution in [1.82, 2.24) is 10.3 Å². The van der Waals surface area contributed by atoms with Crippen LogP contribution >= 0.6 is 0 Å². The maximum absolute atomic E-state index is 12.0. The SMILES string of the molecule is N#Cc1cnc(Oc2ccc3c(c2)CC[C@H]3[C@H]2OC(=O)NC2=O)c2ccccc12. The second kappa shape index (κ2) is 6.60. The van der Waals surface area contributed by atoms with E-state index in [1.807, 2.05) is 42.5 Å². The van der Waals surface area contributed by atoms with Crippen LogP contribution in [0.15, 0.2) is 48.7 Å². The molecule has 2 aromatic carbocycles. The Morgan fingerprint density at radius 3 is 2.76 bits per heavy atom. The summed E-state index contributed by atoms with van der Waals surface area (Å²) in [5, 5.41) is 13.0. The molecule has 0 bridgehead atoms. The van der Waals surface area contributed by atoms with Gasteiger partial charge in [0.15, 0.2) is 6.10 Å². The number of nitriles is 1. The molecule has 1 saturated heterocycles. The van der Waals surface area contributed by atoms with Crippen molar-refractivity contribution in [2.45, 2.75) is 24.9 Å². The first kappa shape index (κ1) is 17.2. The molecule has 0 unspecified atom stereocenters. The lowest BCUT2D eigenvalue weighted by Crippen LogP contribution is -2.28. The minimum Gasteiger partial charge on any atom is -0.438 e. The first-order valence-electron chi connectivity index (χ1n) is 9.24. The Balaban J connectivity index is 1.45. The maximum atomic E-state index is 12.0. The van der Waals surface area contributed by atoms with Crippen LogP contribution in [0.2, 0.25) is 0 Å². The molecule has 1 N–H and O–H groups in total. The molecule has 2 aliphatic rings. The fourth-order valence-electron chi connectivity index (χ4n) is 4.09. The average Bonchev–Trinajstić information content (AvgIpc) is 3.29. The minimum absolute atomic E-state index is 0.153. The number of hydrogen-bond acceptors (Lipinski definition) is 6. The first-order chi connectivity index (χ1) is 14.1. The molecule has 0 saturated carbocycles. The number of aromatic nitrogens is 1. The number of carbonyl (C=O) groups is 2. The van der Waals surface area contributed by atoms with E-state index in [-0.39, 0.29) is 11.8 Å². The Bertz CT molecular complexity index is 1210. The van der Waals surface area contributed by atoms with Crippen molar-refractivity contribution in [3.63, 3.8) is 0 Å². The van der Waals surface area contributed by atoms with Crippen LogP contribution in [0.3, 0.4) is 0 Å². The number of imide groups is 1. The van der Waals surface area contributed by atoms with Crippen LogP contribution in [0.5, 0.6) is 11.6 Å². The Morgan fingerprint density at radius 1 is 1.17 bits per heavy atom. The van der Waals surface area contributed by atoms with Crippen LogP contribution in [-0.4, -0.2) is 23.1 Å². The lowest BCUT2D eigenvalue weighted by atomic mass is 9.95. The number of amides is 2. The van der Waals surface area contributed by atoms with Gasteiger partial charge in [0.25, 0.3) is 5.91 Å². The maximum Gasteiger partial charge on any atom is 0.414 e. The summed E-state index contributed by atoms with van der Waals surface area (Å²) in [6.07, 6.45) is 1.53. The predicted octanol–water partition coefficient (Wildman–Crippen LogP) is 3.56. The highest BCUT2D eigenvalue weighted by Crippen LogP contribution is 2.40. The lowest BCUT2D eigenvalue weighted by Gasteiger charge is -2.16. The highest BCUT2D eigenvalue weighted by atomic mass is 16.6. The third kappa shape index (κ3) is 2.86. The van der Waals surface area contributed by atoms with Crippen LogP contribution in [0.25, 0.3) is 10.8 Å². The van der Waals surface area contributed by atoms with Crippen LogP contribution in [0, 0.1) is 11.3 Å². The van der Waals surface area contributed by atoms with Gasteiger partial charge < -0.3 is 9.47 Å². The van der Waals surface area contributed by atoms with Crippen molar-refractivity contribution < 1.29 is 19.1 Å². The van der Waals surface area contributed by atoms with E-state index in [4.69, 9.17) is 9.47 Å². The van der Waals surface area contributed by atoms with Gasteiger partial charge >= 0.3 is 6.09 Å². The number of fused-ring (bicyclic) bond motifs is 2. The Morgan fingerprint density at radius 2 is 2.00 bits per heavy atom. The molecule has 7 nitrogen and oxygen atoms in total. The number of hydrogen-bond donors (Lipinski definition) is 1. The molecule has 0 spiro atoms. The molecule has 2 amide bonds. The van der Waals surface area contributed by atoms with Gasteiger partial charge in [0.05, 0.1) is 5.56 Å². The van der Waals surface area contributed by atoms with Gasteiger partial charge in [-0.05, 0) is 42.2 Å². The van der Waals surface area contributed by atoms with E-state index in [0.29, 0.717) is 17.2 Å². The molecule has 7 heteroatoms. The zero-order valence-corrected chi connectivity index (χ0v) is 15.2. The molecule has 3 aromatic rings. The summed E-state index contributed by atoms with van der Waals surface area (Å²) < 4.78 is 11.2. The zero-order chi connectivity index (χ0) is 20.0. The number of rotatable bonds is 3. The summed E-state index contributed by atoms with van der Waals surface area (Å²) in [5.41, 5.74) is 2.54. The summed E-state index contributed by atoms with van der Waals surface area (Å²) >= 11 is 0. The smallest absolute Gasteiger partial charge is 0.414 e. The van der Waals surface area contributed by atoms with Crippen molar-refractivity contribution >= 4 is 22.8 Å². The van der Waals surface area contributed by atoms with Gasteiger partial charge in [-0.15, -0.1) is 0 Å². The zero-order valence-electron chi connectivity index (χ0n) is 15.2. The van der Waals surface area contributed by atoms with Crippen molar-refractivity contribution in [1.29, 1.82) is 5.26 Å². The molecule has 1 aliphatic heterocycles. The first-order valence-corrected chi connectivity index (χ1v) is 9.24. The Kier molecular flexibility index (Phi) is 3.91. The molecule has 142 valence electrons. The highest BCUT2D eigenvalue weighted by Gasteiger charge is 2.42. The molecule has 1 aromatic heterocycles. The minimum atomic E-state index is -0.778. The quantitative estimate of drug-likeness (QED) is 0.740. The molecule has 1 aliphatic carbocycles. The van der Waals surface area contributed by atoms with E-state index in [2.05, 4.69) is 16.4 Å².